The van der Waals surface area contributed by atoms with E-state index in [9.17, 15) is 10.2 Å². The summed E-state index contributed by atoms with van der Waals surface area (Å²) in [7, 11) is 0. The topological polar surface area (TPSA) is 77.4 Å². The first kappa shape index (κ1) is 41.3. The lowest BCUT2D eigenvalue weighted by molar-refractivity contribution is -0.258. The average Bonchev–Trinajstić information content (AvgIpc) is 3.20. The molecule has 2 fully saturated rings. The highest BCUT2D eigenvalue weighted by Gasteiger charge is 2.33. The Labute approximate surface area is 340 Å². The summed E-state index contributed by atoms with van der Waals surface area (Å²) in [6.07, 6.45) is 15.8. The van der Waals surface area contributed by atoms with Gasteiger partial charge in [0.05, 0.1) is 0 Å². The van der Waals surface area contributed by atoms with Gasteiger partial charge in [0.2, 0.25) is 0 Å². The van der Waals surface area contributed by atoms with Crippen molar-refractivity contribution < 1.29 is 32.0 Å². The van der Waals surface area contributed by atoms with Crippen molar-refractivity contribution in [1.29, 1.82) is 0 Å². The number of thioether (sulfide) groups is 2. The molecule has 6 nitrogen and oxygen atoms in total. The first-order chi connectivity index (χ1) is 26.4. The molecule has 0 saturated heterocycles. The molecule has 0 spiro atoms. The minimum atomic E-state index is -1.84. The van der Waals surface area contributed by atoms with E-state index in [0.29, 0.717) is 23.3 Å². The molecule has 55 heavy (non-hydrogen) atoms. The predicted molar refractivity (Wildman–Crippen MR) is 231 cm³/mol. The number of hydrogen-bond acceptors (Lipinski definition) is 8. The van der Waals surface area contributed by atoms with Crippen LogP contribution in [0.15, 0.2) is 94.7 Å². The Kier molecular flexibility index (Phi) is 13.8. The van der Waals surface area contributed by atoms with Crippen LogP contribution in [-0.4, -0.2) is 47.5 Å². The van der Waals surface area contributed by atoms with Crippen LogP contribution in [0.4, 0.5) is 0 Å². The van der Waals surface area contributed by atoms with E-state index in [1.54, 1.807) is 37.4 Å². The van der Waals surface area contributed by atoms with Crippen LogP contribution in [0.1, 0.15) is 129 Å². The molecule has 6 rings (SSSR count). The van der Waals surface area contributed by atoms with Gasteiger partial charge < -0.3 is 29.2 Å². The molecular formula is C47H64O6S2. The molecule has 2 aliphatic rings. The number of ether oxygens (including phenoxy) is 4. The highest BCUT2D eigenvalue weighted by atomic mass is 32.2. The summed E-state index contributed by atoms with van der Waals surface area (Å²) in [5.41, 5.74) is 3.27. The lowest BCUT2D eigenvalue weighted by Gasteiger charge is -2.33. The summed E-state index contributed by atoms with van der Waals surface area (Å²) < 4.78 is 24.7. The van der Waals surface area contributed by atoms with Crippen LogP contribution in [0, 0.1) is 0 Å². The lowest BCUT2D eigenvalue weighted by atomic mass is 9.74. The van der Waals surface area contributed by atoms with E-state index in [1.807, 2.05) is 67.1 Å². The first-order valence-electron chi connectivity index (χ1n) is 20.0. The van der Waals surface area contributed by atoms with Crippen molar-refractivity contribution >= 4 is 23.5 Å². The molecule has 8 heteroatoms. The smallest absolute Gasteiger partial charge is 0.366 e. The maximum atomic E-state index is 11.4. The zero-order valence-corrected chi connectivity index (χ0v) is 35.2. The van der Waals surface area contributed by atoms with Crippen LogP contribution in [0.2, 0.25) is 0 Å². The van der Waals surface area contributed by atoms with E-state index < -0.39 is 11.6 Å². The normalized spacial score (nSPS) is 17.9. The molecule has 0 heterocycles. The minimum absolute atomic E-state index is 0. The van der Waals surface area contributed by atoms with Crippen molar-refractivity contribution in [2.45, 2.75) is 131 Å². The fraction of sp³-hybridized carbons (Fsp3) is 0.489. The second kappa shape index (κ2) is 18.3. The zero-order valence-electron chi connectivity index (χ0n) is 33.6. The number of aliphatic hydroxyl groups is 2. The molecular weight excluding hydrogens is 725 g/mol. The Morgan fingerprint density at radius 1 is 0.564 bits per heavy atom. The minimum Gasteiger partial charge on any atom is -0.490 e. The van der Waals surface area contributed by atoms with Gasteiger partial charge in [-0.05, 0) is 140 Å². The molecule has 2 atom stereocenters. The van der Waals surface area contributed by atoms with Crippen molar-refractivity contribution in [3.05, 3.63) is 107 Å². The van der Waals surface area contributed by atoms with Gasteiger partial charge in [0, 0.05) is 25.0 Å². The highest BCUT2D eigenvalue weighted by Crippen LogP contribution is 2.45. The largest absolute Gasteiger partial charge is 0.490 e. The van der Waals surface area contributed by atoms with E-state index in [1.165, 1.54) is 60.1 Å². The van der Waals surface area contributed by atoms with Crippen LogP contribution in [0.3, 0.4) is 0 Å². The summed E-state index contributed by atoms with van der Waals surface area (Å²) in [5.74, 6) is 1.69. The number of rotatable bonds is 16. The third-order valence-corrected chi connectivity index (χ3v) is 12.9. The van der Waals surface area contributed by atoms with E-state index in [0.717, 1.165) is 47.6 Å². The summed E-state index contributed by atoms with van der Waals surface area (Å²) in [6, 6.07) is 28.7. The molecule has 0 amide bonds. The van der Waals surface area contributed by atoms with Gasteiger partial charge in [0.1, 0.15) is 41.8 Å². The van der Waals surface area contributed by atoms with Gasteiger partial charge in [0.15, 0.2) is 0 Å². The van der Waals surface area contributed by atoms with Crippen LogP contribution in [0.25, 0.3) is 0 Å². The second-order valence-electron chi connectivity index (χ2n) is 16.3. The maximum absolute atomic E-state index is 11.4. The fourth-order valence-corrected chi connectivity index (χ4v) is 8.82. The molecule has 2 N–H and O–H groups in total. The standard InChI is InChI=1S/C47H60O6S2.2H2/c1-45(2,36-18-28-44(42(30-36)34-15-11-8-12-16-34)53-47(4,49)52-38-21-25-40(55-6)26-22-38)35-17-27-43(41(29-35)33-13-9-7-10-14-33)51-32-46(3,48)31-50-37-19-23-39(54-5)24-20-37;;/h17-30,33-34,48-49H,7-16,31-32H2,1-6H3;2*1H. The molecule has 0 aliphatic heterocycles. The third kappa shape index (κ3) is 11.0. The van der Waals surface area contributed by atoms with Gasteiger partial charge in [0.25, 0.3) is 0 Å². The van der Waals surface area contributed by atoms with Crippen molar-refractivity contribution in [3.8, 4) is 23.0 Å². The van der Waals surface area contributed by atoms with Crippen molar-refractivity contribution in [1.82, 2.24) is 0 Å². The van der Waals surface area contributed by atoms with Gasteiger partial charge in [-0.15, -0.1) is 23.5 Å². The summed E-state index contributed by atoms with van der Waals surface area (Å²) in [4.78, 5) is 2.30. The Hall–Kier alpha value is -3.30. The summed E-state index contributed by atoms with van der Waals surface area (Å²) in [6.45, 7) is 8.17. The average molecular weight is 789 g/mol. The van der Waals surface area contributed by atoms with Gasteiger partial charge in [-0.1, -0.05) is 76.6 Å². The Morgan fingerprint density at radius 3 is 1.53 bits per heavy atom. The molecule has 0 aromatic heterocycles. The highest BCUT2D eigenvalue weighted by molar-refractivity contribution is 7.98. The second-order valence-corrected chi connectivity index (χ2v) is 18.1. The first-order valence-corrected chi connectivity index (χ1v) is 22.5. The molecule has 0 bridgehead atoms. The van der Waals surface area contributed by atoms with E-state index in [-0.39, 0.29) is 21.5 Å². The summed E-state index contributed by atoms with van der Waals surface area (Å²) >= 11 is 3.35. The van der Waals surface area contributed by atoms with Crippen LogP contribution < -0.4 is 18.9 Å². The van der Waals surface area contributed by atoms with E-state index in [4.69, 9.17) is 18.9 Å². The molecule has 2 unspecified atom stereocenters. The molecule has 2 aliphatic carbocycles. The molecule has 4 aromatic rings. The lowest BCUT2D eigenvalue weighted by Crippen LogP contribution is -2.39. The van der Waals surface area contributed by atoms with Crippen molar-refractivity contribution in [2.24, 2.45) is 0 Å². The molecule has 2 saturated carbocycles. The third-order valence-electron chi connectivity index (χ3n) is 11.4. The van der Waals surface area contributed by atoms with Crippen molar-refractivity contribution in [2.75, 3.05) is 25.7 Å². The maximum Gasteiger partial charge on any atom is 0.366 e. The number of hydrogen-bond donors (Lipinski definition) is 2. The molecule has 4 aromatic carbocycles. The van der Waals surface area contributed by atoms with Gasteiger partial charge in [-0.25, -0.2) is 0 Å². The molecule has 0 radical (unpaired) electrons. The fourth-order valence-electron chi connectivity index (χ4n) is 8.00. The molecule has 300 valence electrons. The summed E-state index contributed by atoms with van der Waals surface area (Å²) in [5, 5.41) is 22.7. The van der Waals surface area contributed by atoms with Gasteiger partial charge in [-0.3, -0.25) is 0 Å². The van der Waals surface area contributed by atoms with Gasteiger partial charge in [-0.2, -0.15) is 0 Å². The Morgan fingerprint density at radius 2 is 1.02 bits per heavy atom. The van der Waals surface area contributed by atoms with Crippen LogP contribution in [0.5, 0.6) is 23.0 Å². The zero-order chi connectivity index (χ0) is 39.1. The monoisotopic (exact) mass is 788 g/mol. The SMILES string of the molecule is CSc1ccc(OCC(C)(O)COc2ccc(C(C)(C)c3ccc(OC(C)(O)Oc4ccc(SC)cc4)c(C4CCCCC4)c3)cc2C2CCCCC2)cc1.[HH].[HH]. The Bertz CT molecular complexity index is 1840. The number of benzene rings is 4. The van der Waals surface area contributed by atoms with E-state index >= 15 is 0 Å². The van der Waals surface area contributed by atoms with Crippen molar-refractivity contribution in [3.63, 3.8) is 0 Å². The van der Waals surface area contributed by atoms with Crippen LogP contribution in [-0.2, 0) is 5.41 Å². The Balaban J connectivity index is 0.00000360. The quantitative estimate of drug-likeness (QED) is 0.0858. The van der Waals surface area contributed by atoms with E-state index in [2.05, 4.69) is 44.2 Å². The predicted octanol–water partition coefficient (Wildman–Crippen LogP) is 12.4. The van der Waals surface area contributed by atoms with Crippen LogP contribution >= 0.6 is 23.5 Å². The van der Waals surface area contributed by atoms with Gasteiger partial charge >= 0.3 is 5.97 Å².